The fraction of sp³-hybridized carbons (Fsp3) is 1.00. The Morgan fingerprint density at radius 2 is 2.43 bits per heavy atom. The normalized spacial score (nSPS) is 14.1. The first kappa shape index (κ1) is 7.66. The Kier molecular flexibility index (Phi) is 5.26. The molecule has 0 aromatic carbocycles. The fourth-order valence-electron chi connectivity index (χ4n) is 0.180. The van der Waals surface area contributed by atoms with Crippen molar-refractivity contribution in [2.45, 2.75) is 6.92 Å². The van der Waals surface area contributed by atoms with Gasteiger partial charge in [-0.05, 0) is 5.92 Å². The van der Waals surface area contributed by atoms with Crippen molar-refractivity contribution in [1.82, 2.24) is 0 Å². The lowest BCUT2D eigenvalue weighted by Crippen LogP contribution is -2.01. The van der Waals surface area contributed by atoms with Gasteiger partial charge in [0, 0.05) is 12.4 Å². The molecule has 0 radical (unpaired) electrons. The quantitative estimate of drug-likeness (QED) is 0.451. The van der Waals surface area contributed by atoms with Crippen LogP contribution in [-0.4, -0.2) is 17.5 Å². The molecule has 0 aliphatic heterocycles. The van der Waals surface area contributed by atoms with Gasteiger partial charge in [0.1, 0.15) is 0 Å². The highest BCUT2D eigenvalue weighted by Gasteiger charge is 1.95. The van der Waals surface area contributed by atoms with Gasteiger partial charge in [-0.25, -0.2) is 0 Å². The van der Waals surface area contributed by atoms with Gasteiger partial charge in [0.2, 0.25) is 0 Å². The van der Waals surface area contributed by atoms with Crippen molar-refractivity contribution in [2.75, 3.05) is 12.4 Å². The summed E-state index contributed by atoms with van der Waals surface area (Å²) in [5, 5.41) is 8.42. The smallest absolute Gasteiger partial charge is 0.0464 e. The molecule has 0 spiro atoms. The minimum atomic E-state index is 0.271. The summed E-state index contributed by atoms with van der Waals surface area (Å²) in [7, 11) is 1.47. The van der Waals surface area contributed by atoms with Crippen LogP contribution in [-0.2, 0) is 0 Å². The maximum atomic E-state index is 8.42. The van der Waals surface area contributed by atoms with E-state index in [-0.39, 0.29) is 6.61 Å². The number of hydrogen-bond donors (Lipinski definition) is 2. The fourth-order valence-corrected chi connectivity index (χ4v) is 1.30. The summed E-state index contributed by atoms with van der Waals surface area (Å²) in [6, 6.07) is 0. The van der Waals surface area contributed by atoms with E-state index in [0.717, 1.165) is 5.75 Å². The van der Waals surface area contributed by atoms with Crippen molar-refractivity contribution in [2.24, 2.45) is 5.92 Å². The summed E-state index contributed by atoms with van der Waals surface area (Å²) in [6.07, 6.45) is 0. The Morgan fingerprint density at radius 1 is 1.86 bits per heavy atom. The molecule has 0 aromatic rings. The van der Waals surface area contributed by atoms with Gasteiger partial charge in [0.25, 0.3) is 0 Å². The highest BCUT2D eigenvalue weighted by atomic mass is 33.1. The van der Waals surface area contributed by atoms with Crippen molar-refractivity contribution < 1.29 is 5.11 Å². The van der Waals surface area contributed by atoms with E-state index in [0.29, 0.717) is 5.92 Å². The molecular formula is C4H10OS2. The van der Waals surface area contributed by atoms with E-state index >= 15 is 0 Å². The first-order chi connectivity index (χ1) is 3.31. The molecule has 0 fully saturated rings. The molecule has 0 heterocycles. The molecule has 0 aliphatic rings. The molecule has 1 unspecified atom stereocenters. The first-order valence-electron chi connectivity index (χ1n) is 2.18. The minimum absolute atomic E-state index is 0.271. The van der Waals surface area contributed by atoms with E-state index in [2.05, 4.69) is 11.7 Å². The minimum Gasteiger partial charge on any atom is -0.396 e. The highest BCUT2D eigenvalue weighted by molar-refractivity contribution is 8.68. The lowest BCUT2D eigenvalue weighted by Gasteiger charge is -2.00. The van der Waals surface area contributed by atoms with Gasteiger partial charge in [0.05, 0.1) is 0 Å². The molecule has 3 heteroatoms. The molecule has 1 N–H and O–H groups in total. The van der Waals surface area contributed by atoms with Crippen LogP contribution in [0.2, 0.25) is 0 Å². The van der Waals surface area contributed by atoms with E-state index in [1.165, 1.54) is 10.8 Å². The standard InChI is InChI=1S/C4H10OS2/c1-4(2-5)3-7-6/h4-6H,2-3H2,1H3. The van der Waals surface area contributed by atoms with Gasteiger partial charge in [-0.15, -0.1) is 11.7 Å². The Morgan fingerprint density at radius 3 is 2.57 bits per heavy atom. The second kappa shape index (κ2) is 4.81. The molecule has 1 atom stereocenters. The van der Waals surface area contributed by atoms with Crippen LogP contribution in [0.15, 0.2) is 0 Å². The second-order valence-corrected chi connectivity index (χ2v) is 2.95. The van der Waals surface area contributed by atoms with Crippen molar-refractivity contribution in [3.8, 4) is 0 Å². The van der Waals surface area contributed by atoms with Crippen LogP contribution in [0.1, 0.15) is 6.92 Å². The van der Waals surface area contributed by atoms with Gasteiger partial charge >= 0.3 is 0 Å². The predicted molar refractivity (Wildman–Crippen MR) is 37.7 cm³/mol. The average molecular weight is 138 g/mol. The molecule has 0 saturated carbocycles. The Balaban J connectivity index is 2.83. The molecule has 44 valence electrons. The van der Waals surface area contributed by atoms with Crippen molar-refractivity contribution in [3.05, 3.63) is 0 Å². The largest absolute Gasteiger partial charge is 0.396 e. The summed E-state index contributed by atoms with van der Waals surface area (Å²) in [5.74, 6) is 1.32. The lowest BCUT2D eigenvalue weighted by molar-refractivity contribution is 0.251. The summed E-state index contributed by atoms with van der Waals surface area (Å²) in [6.45, 7) is 2.26. The lowest BCUT2D eigenvalue weighted by atomic mass is 10.2. The number of thiol groups is 1. The summed E-state index contributed by atoms with van der Waals surface area (Å²) in [4.78, 5) is 0. The number of rotatable bonds is 3. The Hall–Kier alpha value is 0.660. The number of hydrogen-bond acceptors (Lipinski definition) is 3. The molecule has 0 bridgehead atoms. The summed E-state index contributed by atoms with van der Waals surface area (Å²) in [5.41, 5.74) is 0. The van der Waals surface area contributed by atoms with E-state index < -0.39 is 0 Å². The molecule has 0 amide bonds. The number of aliphatic hydroxyl groups excluding tert-OH is 1. The van der Waals surface area contributed by atoms with Crippen molar-refractivity contribution >= 4 is 22.5 Å². The van der Waals surface area contributed by atoms with Gasteiger partial charge < -0.3 is 5.11 Å². The zero-order chi connectivity index (χ0) is 5.70. The van der Waals surface area contributed by atoms with Crippen LogP contribution in [0.25, 0.3) is 0 Å². The van der Waals surface area contributed by atoms with Crippen LogP contribution in [0.5, 0.6) is 0 Å². The second-order valence-electron chi connectivity index (χ2n) is 1.58. The molecule has 1 nitrogen and oxygen atoms in total. The SMILES string of the molecule is CC(CO)CSS. The van der Waals surface area contributed by atoms with E-state index in [1.807, 2.05) is 6.92 Å². The summed E-state index contributed by atoms with van der Waals surface area (Å²) >= 11 is 3.92. The topological polar surface area (TPSA) is 20.2 Å². The van der Waals surface area contributed by atoms with Gasteiger partial charge in [-0.3, -0.25) is 0 Å². The van der Waals surface area contributed by atoms with Gasteiger partial charge in [-0.1, -0.05) is 17.7 Å². The molecular weight excluding hydrogens is 128 g/mol. The Labute approximate surface area is 53.3 Å². The zero-order valence-corrected chi connectivity index (χ0v) is 6.01. The molecule has 0 aliphatic carbocycles. The third-order valence-electron chi connectivity index (χ3n) is 0.671. The first-order valence-corrected chi connectivity index (χ1v) is 4.22. The van der Waals surface area contributed by atoms with E-state index in [9.17, 15) is 0 Å². The van der Waals surface area contributed by atoms with Crippen molar-refractivity contribution in [3.63, 3.8) is 0 Å². The van der Waals surface area contributed by atoms with E-state index in [4.69, 9.17) is 5.11 Å². The highest BCUT2D eigenvalue weighted by Crippen LogP contribution is 2.09. The van der Waals surface area contributed by atoms with Gasteiger partial charge in [-0.2, -0.15) is 0 Å². The molecule has 7 heavy (non-hydrogen) atoms. The van der Waals surface area contributed by atoms with Crippen LogP contribution >= 0.6 is 22.5 Å². The third kappa shape index (κ3) is 4.51. The van der Waals surface area contributed by atoms with Crippen LogP contribution < -0.4 is 0 Å². The maximum Gasteiger partial charge on any atom is 0.0464 e. The molecule has 0 aromatic heterocycles. The average Bonchev–Trinajstić information content (AvgIpc) is 1.68. The Bertz CT molecular complexity index is 40.7. The van der Waals surface area contributed by atoms with Crippen LogP contribution in [0, 0.1) is 5.92 Å². The molecule has 0 saturated heterocycles. The number of aliphatic hydroxyl groups is 1. The predicted octanol–water partition coefficient (Wildman–Crippen LogP) is 1.19. The third-order valence-corrected chi connectivity index (χ3v) is 1.84. The van der Waals surface area contributed by atoms with Crippen LogP contribution in [0.3, 0.4) is 0 Å². The zero-order valence-electron chi connectivity index (χ0n) is 4.29. The monoisotopic (exact) mass is 138 g/mol. The maximum absolute atomic E-state index is 8.42. The van der Waals surface area contributed by atoms with Crippen molar-refractivity contribution in [1.29, 1.82) is 0 Å². The van der Waals surface area contributed by atoms with Gasteiger partial charge in [0.15, 0.2) is 0 Å². The molecule has 0 rings (SSSR count). The van der Waals surface area contributed by atoms with Crippen LogP contribution in [0.4, 0.5) is 0 Å². The summed E-state index contributed by atoms with van der Waals surface area (Å²) < 4.78 is 0. The van der Waals surface area contributed by atoms with E-state index in [1.54, 1.807) is 0 Å².